The number of nitro benzene ring substituents is 1. The molecule has 3 N–H and O–H groups in total. The van der Waals surface area contributed by atoms with Crippen LogP contribution in [0.1, 0.15) is 0 Å². The minimum Gasteiger partial charge on any atom is -0.396 e. The van der Waals surface area contributed by atoms with Gasteiger partial charge in [0.2, 0.25) is 0 Å². The lowest BCUT2D eigenvalue weighted by molar-refractivity contribution is -0.384. The van der Waals surface area contributed by atoms with E-state index in [4.69, 9.17) is 5.73 Å². The molecule has 0 aliphatic heterocycles. The maximum Gasteiger partial charge on any atom is 0.295 e. The van der Waals surface area contributed by atoms with E-state index in [-0.39, 0.29) is 33.0 Å². The molecule has 0 spiro atoms. The number of hydrogen-bond acceptors (Lipinski definition) is 7. The summed E-state index contributed by atoms with van der Waals surface area (Å²) in [7, 11) is -4.52. The van der Waals surface area contributed by atoms with E-state index in [2.05, 4.69) is 10.2 Å². The highest BCUT2D eigenvalue weighted by atomic mass is 32.2. The monoisotopic (exact) mass is 372 g/mol. The molecule has 0 fully saturated rings. The molecule has 3 aromatic carbocycles. The molecule has 9 nitrogen and oxygen atoms in total. The normalized spacial score (nSPS) is 11.9. The summed E-state index contributed by atoms with van der Waals surface area (Å²) in [5.41, 5.74) is 6.25. The SMILES string of the molecule is Nc1c(N=Nc2cccc([N+](=O)[O-])c2)cc(S(=O)(=O)O)c2ccccc12. The van der Waals surface area contributed by atoms with Gasteiger partial charge in [-0.1, -0.05) is 30.3 Å². The first-order chi connectivity index (χ1) is 12.3. The number of fused-ring (bicyclic) bond motifs is 1. The second-order valence-corrected chi connectivity index (χ2v) is 6.70. The van der Waals surface area contributed by atoms with Crippen molar-refractivity contribution in [2.24, 2.45) is 10.2 Å². The van der Waals surface area contributed by atoms with Crippen molar-refractivity contribution in [3.05, 3.63) is 64.7 Å². The van der Waals surface area contributed by atoms with Crippen molar-refractivity contribution in [3.63, 3.8) is 0 Å². The van der Waals surface area contributed by atoms with Gasteiger partial charge in [0, 0.05) is 22.9 Å². The standard InChI is InChI=1S/C16H12N4O5S/c17-16-13-7-2-1-6-12(13)15(26(23,24)25)9-14(16)19-18-10-4-3-5-11(8-10)20(21)22/h1-9H,17H2,(H,23,24,25). The Labute approximate surface area is 147 Å². The highest BCUT2D eigenvalue weighted by Crippen LogP contribution is 2.36. The average molecular weight is 372 g/mol. The molecule has 0 radical (unpaired) electrons. The van der Waals surface area contributed by atoms with E-state index in [1.54, 1.807) is 18.2 Å². The Morgan fingerprint density at radius 1 is 1.00 bits per heavy atom. The molecule has 0 amide bonds. The first-order valence-corrected chi connectivity index (χ1v) is 8.66. The molecule has 0 aliphatic rings. The molecule has 0 saturated carbocycles. The summed E-state index contributed by atoms with van der Waals surface area (Å²) in [4.78, 5) is 9.88. The van der Waals surface area contributed by atoms with Gasteiger partial charge in [0.1, 0.15) is 10.6 Å². The molecule has 0 aromatic heterocycles. The Bertz CT molecular complexity index is 1160. The van der Waals surface area contributed by atoms with Crippen LogP contribution in [0.5, 0.6) is 0 Å². The summed E-state index contributed by atoms with van der Waals surface area (Å²) >= 11 is 0. The molecular formula is C16H12N4O5S. The summed E-state index contributed by atoms with van der Waals surface area (Å²) in [5.74, 6) is 0. The van der Waals surface area contributed by atoms with E-state index in [0.29, 0.717) is 5.39 Å². The first kappa shape index (κ1) is 17.5. The second-order valence-electron chi connectivity index (χ2n) is 5.31. The summed E-state index contributed by atoms with van der Waals surface area (Å²) in [5, 5.41) is 19.2. The van der Waals surface area contributed by atoms with Gasteiger partial charge in [-0.05, 0) is 12.1 Å². The Balaban J connectivity index is 2.15. The van der Waals surface area contributed by atoms with Gasteiger partial charge in [0.25, 0.3) is 15.8 Å². The van der Waals surface area contributed by atoms with Crippen molar-refractivity contribution in [2.45, 2.75) is 4.90 Å². The zero-order valence-electron chi connectivity index (χ0n) is 13.1. The van der Waals surface area contributed by atoms with Crippen molar-refractivity contribution in [1.29, 1.82) is 0 Å². The van der Waals surface area contributed by atoms with Gasteiger partial charge in [0.15, 0.2) is 0 Å². The number of nitrogen functional groups attached to an aromatic ring is 1. The molecule has 10 heteroatoms. The lowest BCUT2D eigenvalue weighted by Crippen LogP contribution is -2.01. The molecule has 26 heavy (non-hydrogen) atoms. The molecule has 0 aliphatic carbocycles. The molecule has 132 valence electrons. The largest absolute Gasteiger partial charge is 0.396 e. The molecule has 0 atom stereocenters. The first-order valence-electron chi connectivity index (χ1n) is 7.22. The van der Waals surface area contributed by atoms with Gasteiger partial charge in [-0.2, -0.15) is 13.5 Å². The van der Waals surface area contributed by atoms with Gasteiger partial charge >= 0.3 is 0 Å². The third-order valence-corrected chi connectivity index (χ3v) is 4.51. The minimum absolute atomic E-state index is 0.0165. The molecule has 0 unspecified atom stereocenters. The van der Waals surface area contributed by atoms with Crippen LogP contribution in [0.15, 0.2) is 69.7 Å². The third kappa shape index (κ3) is 3.36. The van der Waals surface area contributed by atoms with Crippen molar-refractivity contribution < 1.29 is 17.9 Å². The molecule has 0 saturated heterocycles. The van der Waals surface area contributed by atoms with E-state index in [1.807, 2.05) is 0 Å². The predicted octanol–water partition coefficient (Wildman–Crippen LogP) is 3.99. The number of anilines is 1. The van der Waals surface area contributed by atoms with Crippen LogP contribution in [0.2, 0.25) is 0 Å². The lowest BCUT2D eigenvalue weighted by atomic mass is 10.1. The number of nitrogens with two attached hydrogens (primary N) is 1. The van der Waals surface area contributed by atoms with Gasteiger partial charge in [0.05, 0.1) is 16.3 Å². The highest BCUT2D eigenvalue weighted by molar-refractivity contribution is 7.86. The second kappa shape index (κ2) is 6.50. The zero-order valence-corrected chi connectivity index (χ0v) is 13.9. The Morgan fingerprint density at radius 2 is 1.69 bits per heavy atom. The quantitative estimate of drug-likeness (QED) is 0.232. The minimum atomic E-state index is -4.52. The molecular weight excluding hydrogens is 360 g/mol. The van der Waals surface area contributed by atoms with Crippen LogP contribution in [0.3, 0.4) is 0 Å². The Kier molecular flexibility index (Phi) is 4.36. The number of benzene rings is 3. The lowest BCUT2D eigenvalue weighted by Gasteiger charge is -2.09. The van der Waals surface area contributed by atoms with Crippen LogP contribution >= 0.6 is 0 Å². The Hall–Kier alpha value is -3.37. The third-order valence-electron chi connectivity index (χ3n) is 3.62. The van der Waals surface area contributed by atoms with E-state index in [9.17, 15) is 23.1 Å². The maximum absolute atomic E-state index is 11.7. The fourth-order valence-electron chi connectivity index (χ4n) is 2.43. The smallest absolute Gasteiger partial charge is 0.295 e. The Morgan fingerprint density at radius 3 is 2.35 bits per heavy atom. The fraction of sp³-hybridized carbons (Fsp3) is 0. The van der Waals surface area contributed by atoms with Gasteiger partial charge in [-0.15, -0.1) is 5.11 Å². The number of nitrogens with zero attached hydrogens (tertiary/aromatic N) is 3. The van der Waals surface area contributed by atoms with Crippen LogP contribution in [0.4, 0.5) is 22.7 Å². The number of hydrogen-bond donors (Lipinski definition) is 2. The van der Waals surface area contributed by atoms with Gasteiger partial charge in [-0.3, -0.25) is 14.7 Å². The molecule has 3 rings (SSSR count). The van der Waals surface area contributed by atoms with Crippen LogP contribution in [0.25, 0.3) is 10.8 Å². The highest BCUT2D eigenvalue weighted by Gasteiger charge is 2.18. The van der Waals surface area contributed by atoms with Crippen LogP contribution in [-0.4, -0.2) is 17.9 Å². The van der Waals surface area contributed by atoms with E-state index in [0.717, 1.165) is 6.07 Å². The van der Waals surface area contributed by atoms with Crippen molar-refractivity contribution in [3.8, 4) is 0 Å². The number of azo groups is 1. The van der Waals surface area contributed by atoms with Crippen molar-refractivity contribution in [1.82, 2.24) is 0 Å². The summed E-state index contributed by atoms with van der Waals surface area (Å²) in [6, 6.07) is 12.9. The van der Waals surface area contributed by atoms with Crippen molar-refractivity contribution in [2.75, 3.05) is 5.73 Å². The van der Waals surface area contributed by atoms with Crippen LogP contribution in [0, 0.1) is 10.1 Å². The number of nitro groups is 1. The number of non-ortho nitro benzene ring substituents is 1. The van der Waals surface area contributed by atoms with Gasteiger partial charge < -0.3 is 5.73 Å². The summed E-state index contributed by atoms with van der Waals surface area (Å²) in [6.07, 6.45) is 0. The van der Waals surface area contributed by atoms with Crippen molar-refractivity contribution >= 4 is 43.6 Å². The summed E-state index contributed by atoms with van der Waals surface area (Å²) < 4.78 is 32.8. The molecule has 3 aromatic rings. The van der Waals surface area contributed by atoms with E-state index >= 15 is 0 Å². The maximum atomic E-state index is 11.7. The summed E-state index contributed by atoms with van der Waals surface area (Å²) in [6.45, 7) is 0. The van der Waals surface area contributed by atoms with Crippen LogP contribution in [-0.2, 0) is 10.1 Å². The fourth-order valence-corrected chi connectivity index (χ4v) is 3.14. The number of rotatable bonds is 4. The molecule has 0 heterocycles. The predicted molar refractivity (Wildman–Crippen MR) is 95.4 cm³/mol. The molecule has 0 bridgehead atoms. The average Bonchev–Trinajstić information content (AvgIpc) is 2.60. The van der Waals surface area contributed by atoms with Crippen LogP contribution < -0.4 is 5.73 Å². The zero-order chi connectivity index (χ0) is 18.9. The topological polar surface area (TPSA) is 148 Å². The van der Waals surface area contributed by atoms with Gasteiger partial charge in [-0.25, -0.2) is 0 Å². The van der Waals surface area contributed by atoms with E-state index in [1.165, 1.54) is 30.3 Å². The van der Waals surface area contributed by atoms with E-state index < -0.39 is 15.0 Å².